The lowest BCUT2D eigenvalue weighted by Gasteiger charge is -2.37. The SMILES string of the molecule is Cc1cc(C)nc(N2CCN(c3ccc(NC(=O)C(=O)c4c(-c5cccs5)cc(C)n4C)c(Cl)c3)CC2)c1. The van der Waals surface area contributed by atoms with Crippen molar-refractivity contribution in [3.63, 3.8) is 0 Å². The van der Waals surface area contributed by atoms with Crippen molar-refractivity contribution in [2.24, 2.45) is 7.05 Å². The molecule has 0 spiro atoms. The number of Topliss-reactive ketones (excluding diaryl/α,β-unsaturated/α-hetero) is 1. The number of aromatic nitrogens is 2. The van der Waals surface area contributed by atoms with E-state index in [4.69, 9.17) is 11.6 Å². The van der Waals surface area contributed by atoms with Crippen LogP contribution in [-0.4, -0.2) is 47.4 Å². The Balaban J connectivity index is 1.27. The number of anilines is 3. The molecular weight excluding hydrogens is 518 g/mol. The highest BCUT2D eigenvalue weighted by molar-refractivity contribution is 7.13. The zero-order chi connectivity index (χ0) is 27.0. The Morgan fingerprint density at radius 2 is 1.71 bits per heavy atom. The van der Waals surface area contributed by atoms with Crippen molar-refractivity contribution in [1.82, 2.24) is 9.55 Å². The Kier molecular flexibility index (Phi) is 7.27. The van der Waals surface area contributed by atoms with Crippen molar-refractivity contribution in [2.75, 3.05) is 41.3 Å². The van der Waals surface area contributed by atoms with Crippen LogP contribution in [0.15, 0.2) is 53.9 Å². The molecule has 0 saturated carbocycles. The number of carbonyl (C=O) groups is 2. The van der Waals surface area contributed by atoms with Gasteiger partial charge in [-0.2, -0.15) is 0 Å². The van der Waals surface area contributed by atoms with Gasteiger partial charge in [-0.3, -0.25) is 9.59 Å². The zero-order valence-electron chi connectivity index (χ0n) is 21.9. The number of piperazine rings is 1. The van der Waals surface area contributed by atoms with Gasteiger partial charge in [0.1, 0.15) is 11.5 Å². The van der Waals surface area contributed by atoms with Crippen LogP contribution in [0.5, 0.6) is 0 Å². The second kappa shape index (κ2) is 10.6. The average Bonchev–Trinajstić information content (AvgIpc) is 3.52. The molecule has 0 atom stereocenters. The number of aryl methyl sites for hydroxylation is 3. The first-order chi connectivity index (χ1) is 18.2. The van der Waals surface area contributed by atoms with Gasteiger partial charge in [0.15, 0.2) is 0 Å². The number of thiophene rings is 1. The van der Waals surface area contributed by atoms with Gasteiger partial charge in [0, 0.05) is 60.7 Å². The van der Waals surface area contributed by atoms with E-state index in [1.165, 1.54) is 16.9 Å². The van der Waals surface area contributed by atoms with Crippen molar-refractivity contribution in [3.8, 4) is 10.4 Å². The first kappa shape index (κ1) is 26.0. The molecule has 38 heavy (non-hydrogen) atoms. The van der Waals surface area contributed by atoms with Crippen molar-refractivity contribution in [3.05, 3.63) is 81.6 Å². The summed E-state index contributed by atoms with van der Waals surface area (Å²) < 4.78 is 1.76. The second-order valence-corrected chi connectivity index (χ2v) is 11.0. The van der Waals surface area contributed by atoms with Crippen molar-refractivity contribution in [1.29, 1.82) is 0 Å². The van der Waals surface area contributed by atoms with E-state index in [-0.39, 0.29) is 0 Å². The van der Waals surface area contributed by atoms with Crippen molar-refractivity contribution >= 4 is 51.8 Å². The van der Waals surface area contributed by atoms with E-state index in [1.807, 2.05) is 49.6 Å². The summed E-state index contributed by atoms with van der Waals surface area (Å²) >= 11 is 8.11. The molecule has 7 nitrogen and oxygen atoms in total. The molecule has 0 aliphatic carbocycles. The lowest BCUT2D eigenvalue weighted by molar-refractivity contribution is -0.112. The maximum absolute atomic E-state index is 13.2. The highest BCUT2D eigenvalue weighted by Crippen LogP contribution is 2.32. The van der Waals surface area contributed by atoms with Crippen LogP contribution < -0.4 is 15.1 Å². The highest BCUT2D eigenvalue weighted by atomic mass is 35.5. The fraction of sp³-hybridized carbons (Fsp3) is 0.276. The van der Waals surface area contributed by atoms with E-state index in [0.717, 1.165) is 59.5 Å². The molecular formula is C29H30ClN5O2S. The number of hydrogen-bond acceptors (Lipinski definition) is 6. The van der Waals surface area contributed by atoms with Gasteiger partial charge >= 0.3 is 0 Å². The van der Waals surface area contributed by atoms with Crippen LogP contribution in [-0.2, 0) is 11.8 Å². The van der Waals surface area contributed by atoms with Crippen LogP contribution in [0.4, 0.5) is 17.2 Å². The van der Waals surface area contributed by atoms with Crippen LogP contribution in [0.1, 0.15) is 27.4 Å². The number of nitrogens with zero attached hydrogens (tertiary/aromatic N) is 4. The van der Waals surface area contributed by atoms with Gasteiger partial charge in [-0.25, -0.2) is 4.98 Å². The lowest BCUT2D eigenvalue weighted by Crippen LogP contribution is -2.46. The van der Waals surface area contributed by atoms with Gasteiger partial charge in [0.05, 0.1) is 10.7 Å². The monoisotopic (exact) mass is 547 g/mol. The van der Waals surface area contributed by atoms with Crippen LogP contribution >= 0.6 is 22.9 Å². The normalized spacial score (nSPS) is 13.6. The van der Waals surface area contributed by atoms with E-state index in [9.17, 15) is 9.59 Å². The predicted octanol–water partition coefficient (Wildman–Crippen LogP) is 5.88. The fourth-order valence-electron chi connectivity index (χ4n) is 4.89. The number of pyridine rings is 1. The van der Waals surface area contributed by atoms with Crippen LogP contribution in [0.2, 0.25) is 5.02 Å². The molecule has 1 aromatic carbocycles. The molecule has 1 N–H and O–H groups in total. The van der Waals surface area contributed by atoms with Crippen LogP contribution in [0.25, 0.3) is 10.4 Å². The fourth-order valence-corrected chi connectivity index (χ4v) is 5.86. The third-order valence-corrected chi connectivity index (χ3v) is 8.15. The molecule has 1 aliphatic heterocycles. The molecule has 0 unspecified atom stereocenters. The summed E-state index contributed by atoms with van der Waals surface area (Å²) in [5.74, 6) is -0.299. The van der Waals surface area contributed by atoms with Gasteiger partial charge in [0.2, 0.25) is 0 Å². The van der Waals surface area contributed by atoms with Crippen LogP contribution in [0, 0.1) is 20.8 Å². The smallest absolute Gasteiger partial charge is 0.298 e. The summed E-state index contributed by atoms with van der Waals surface area (Å²) in [5, 5.41) is 5.07. The van der Waals surface area contributed by atoms with Gasteiger partial charge in [-0.05, 0) is 74.2 Å². The summed E-state index contributed by atoms with van der Waals surface area (Å²) in [7, 11) is 1.80. The lowest BCUT2D eigenvalue weighted by atomic mass is 10.1. The highest BCUT2D eigenvalue weighted by Gasteiger charge is 2.26. The number of benzene rings is 1. The Morgan fingerprint density at radius 3 is 2.37 bits per heavy atom. The third-order valence-electron chi connectivity index (χ3n) is 6.93. The van der Waals surface area contributed by atoms with E-state index >= 15 is 0 Å². The molecule has 196 valence electrons. The summed E-state index contributed by atoms with van der Waals surface area (Å²) in [6.45, 7) is 9.38. The second-order valence-electron chi connectivity index (χ2n) is 9.65. The number of rotatable bonds is 6. The minimum absolute atomic E-state index is 0.367. The molecule has 9 heteroatoms. The molecule has 1 amide bonds. The number of carbonyl (C=O) groups excluding carboxylic acids is 2. The quantitative estimate of drug-likeness (QED) is 0.241. The summed E-state index contributed by atoms with van der Waals surface area (Å²) in [4.78, 5) is 36.4. The molecule has 4 aromatic rings. The topological polar surface area (TPSA) is 70.5 Å². The molecule has 1 aliphatic rings. The number of hydrogen-bond donors (Lipinski definition) is 1. The summed E-state index contributed by atoms with van der Waals surface area (Å²) in [6.07, 6.45) is 0. The Morgan fingerprint density at radius 1 is 0.974 bits per heavy atom. The summed E-state index contributed by atoms with van der Waals surface area (Å²) in [5.41, 5.74) is 5.66. The Bertz CT molecular complexity index is 1480. The molecule has 5 rings (SSSR count). The maximum Gasteiger partial charge on any atom is 0.298 e. The molecule has 0 bridgehead atoms. The van der Waals surface area contributed by atoms with E-state index < -0.39 is 11.7 Å². The third kappa shape index (κ3) is 5.19. The van der Waals surface area contributed by atoms with E-state index in [0.29, 0.717) is 16.4 Å². The number of halogens is 1. The van der Waals surface area contributed by atoms with E-state index in [2.05, 4.69) is 39.2 Å². The minimum Gasteiger partial charge on any atom is -0.368 e. The van der Waals surface area contributed by atoms with Gasteiger partial charge < -0.3 is 19.7 Å². The number of nitrogens with one attached hydrogen (secondary N) is 1. The molecule has 1 fully saturated rings. The minimum atomic E-state index is -0.715. The molecule has 0 radical (unpaired) electrons. The number of ketones is 1. The maximum atomic E-state index is 13.2. The van der Waals surface area contributed by atoms with Gasteiger partial charge in [0.25, 0.3) is 11.7 Å². The van der Waals surface area contributed by atoms with Crippen molar-refractivity contribution < 1.29 is 9.59 Å². The average molecular weight is 548 g/mol. The van der Waals surface area contributed by atoms with Gasteiger partial charge in [-0.15, -0.1) is 11.3 Å². The van der Waals surface area contributed by atoms with Gasteiger partial charge in [-0.1, -0.05) is 17.7 Å². The Hall–Kier alpha value is -3.62. The van der Waals surface area contributed by atoms with Crippen molar-refractivity contribution in [2.45, 2.75) is 20.8 Å². The standard InChI is InChI=1S/C29H30ClN5O2S/c1-18-14-19(2)31-26(15-18)35-11-9-34(10-12-35)21-7-8-24(23(30)17-21)32-29(37)28(36)27-22(16-20(3)33(27)4)25-6-5-13-38-25/h5-8,13-17H,9-12H2,1-4H3,(H,32,37). The molecule has 1 saturated heterocycles. The predicted molar refractivity (Wildman–Crippen MR) is 156 cm³/mol. The zero-order valence-corrected chi connectivity index (χ0v) is 23.5. The van der Waals surface area contributed by atoms with E-state index in [1.54, 1.807) is 17.7 Å². The number of amides is 1. The van der Waals surface area contributed by atoms with Crippen LogP contribution in [0.3, 0.4) is 0 Å². The molecule has 3 aromatic heterocycles. The first-order valence-electron chi connectivity index (χ1n) is 12.5. The summed E-state index contributed by atoms with van der Waals surface area (Å²) in [6, 6.07) is 15.6. The Labute approximate surface area is 231 Å². The first-order valence-corrected chi connectivity index (χ1v) is 13.8. The molecule has 4 heterocycles. The largest absolute Gasteiger partial charge is 0.368 e.